The van der Waals surface area contributed by atoms with Gasteiger partial charge in [0.15, 0.2) is 0 Å². The SMILES string of the molecule is O=C=NC1CCCN1S(=O)(=O)c1cn[nH]c1. The first-order valence-corrected chi connectivity index (χ1v) is 6.18. The highest BCUT2D eigenvalue weighted by Gasteiger charge is 2.35. The first-order valence-electron chi connectivity index (χ1n) is 4.74. The summed E-state index contributed by atoms with van der Waals surface area (Å²) in [7, 11) is -3.60. The van der Waals surface area contributed by atoms with E-state index in [9.17, 15) is 13.2 Å². The number of rotatable bonds is 3. The Morgan fingerprint density at radius 2 is 2.44 bits per heavy atom. The lowest BCUT2D eigenvalue weighted by Gasteiger charge is -2.18. The molecule has 0 amide bonds. The minimum Gasteiger partial charge on any atom is -0.284 e. The lowest BCUT2D eigenvalue weighted by Crippen LogP contribution is -2.34. The number of aromatic nitrogens is 2. The van der Waals surface area contributed by atoms with Gasteiger partial charge in [0.1, 0.15) is 11.1 Å². The van der Waals surface area contributed by atoms with Gasteiger partial charge in [-0.15, -0.1) is 0 Å². The van der Waals surface area contributed by atoms with Gasteiger partial charge in [-0.3, -0.25) is 5.10 Å². The van der Waals surface area contributed by atoms with Crippen LogP contribution >= 0.6 is 0 Å². The molecule has 8 heteroatoms. The summed E-state index contributed by atoms with van der Waals surface area (Å²) >= 11 is 0. The van der Waals surface area contributed by atoms with Gasteiger partial charge >= 0.3 is 0 Å². The van der Waals surface area contributed by atoms with Gasteiger partial charge in [0.05, 0.1) is 6.20 Å². The smallest absolute Gasteiger partial charge is 0.248 e. The van der Waals surface area contributed by atoms with Gasteiger partial charge in [0, 0.05) is 12.7 Å². The van der Waals surface area contributed by atoms with E-state index in [2.05, 4.69) is 15.2 Å². The molecule has 1 saturated heterocycles. The fraction of sp³-hybridized carbons (Fsp3) is 0.500. The molecule has 1 unspecified atom stereocenters. The van der Waals surface area contributed by atoms with Gasteiger partial charge in [0.2, 0.25) is 16.1 Å². The topological polar surface area (TPSA) is 95.5 Å². The third-order valence-corrected chi connectivity index (χ3v) is 4.32. The zero-order valence-electron chi connectivity index (χ0n) is 8.33. The largest absolute Gasteiger partial charge is 0.284 e. The van der Waals surface area contributed by atoms with E-state index in [-0.39, 0.29) is 4.90 Å². The summed E-state index contributed by atoms with van der Waals surface area (Å²) in [6.45, 7) is 0.364. The van der Waals surface area contributed by atoms with E-state index < -0.39 is 16.2 Å². The minimum atomic E-state index is -3.60. The van der Waals surface area contributed by atoms with E-state index >= 15 is 0 Å². The van der Waals surface area contributed by atoms with Crippen molar-refractivity contribution in [1.29, 1.82) is 0 Å². The summed E-state index contributed by atoms with van der Waals surface area (Å²) in [5.41, 5.74) is 0. The molecule has 1 aliphatic heterocycles. The van der Waals surface area contributed by atoms with Crippen LogP contribution in [-0.4, -0.2) is 41.7 Å². The molecule has 86 valence electrons. The maximum atomic E-state index is 12.1. The van der Waals surface area contributed by atoms with Crippen LogP contribution in [0.2, 0.25) is 0 Å². The van der Waals surface area contributed by atoms with Gasteiger partial charge in [-0.05, 0) is 12.8 Å². The van der Waals surface area contributed by atoms with Gasteiger partial charge in [-0.1, -0.05) is 0 Å². The van der Waals surface area contributed by atoms with Crippen LogP contribution in [-0.2, 0) is 14.8 Å². The van der Waals surface area contributed by atoms with E-state index in [1.807, 2.05) is 0 Å². The molecule has 0 spiro atoms. The Morgan fingerprint density at radius 1 is 1.62 bits per heavy atom. The van der Waals surface area contributed by atoms with Crippen molar-refractivity contribution >= 4 is 16.1 Å². The Morgan fingerprint density at radius 3 is 3.06 bits per heavy atom. The van der Waals surface area contributed by atoms with Crippen molar-refractivity contribution in [1.82, 2.24) is 14.5 Å². The minimum absolute atomic E-state index is 0.0838. The molecule has 1 aromatic rings. The molecule has 2 heterocycles. The second-order valence-corrected chi connectivity index (χ2v) is 5.28. The van der Waals surface area contributed by atoms with Crippen LogP contribution in [0, 0.1) is 0 Å². The Bertz CT molecular complexity index is 503. The average molecular weight is 242 g/mol. The molecule has 0 saturated carbocycles. The molecular weight excluding hydrogens is 232 g/mol. The molecule has 1 aliphatic rings. The second kappa shape index (κ2) is 4.17. The molecule has 0 bridgehead atoms. The van der Waals surface area contributed by atoms with Crippen molar-refractivity contribution < 1.29 is 13.2 Å². The van der Waals surface area contributed by atoms with Gasteiger partial charge in [0.25, 0.3) is 0 Å². The number of carbonyl (C=O) groups excluding carboxylic acids is 1. The normalized spacial score (nSPS) is 21.9. The molecule has 7 nitrogen and oxygen atoms in total. The van der Waals surface area contributed by atoms with Crippen LogP contribution in [0.1, 0.15) is 12.8 Å². The number of aromatic amines is 1. The van der Waals surface area contributed by atoms with Crippen molar-refractivity contribution in [2.45, 2.75) is 23.9 Å². The molecule has 1 fully saturated rings. The molecule has 2 rings (SSSR count). The number of hydrogen-bond acceptors (Lipinski definition) is 5. The fourth-order valence-corrected chi connectivity index (χ4v) is 3.21. The van der Waals surface area contributed by atoms with Crippen LogP contribution in [0.5, 0.6) is 0 Å². The van der Waals surface area contributed by atoms with Crippen molar-refractivity contribution in [3.8, 4) is 0 Å². The van der Waals surface area contributed by atoms with Crippen LogP contribution in [0.4, 0.5) is 0 Å². The molecule has 0 radical (unpaired) electrons. The van der Waals surface area contributed by atoms with Crippen molar-refractivity contribution in [3.05, 3.63) is 12.4 Å². The Balaban J connectivity index is 2.34. The van der Waals surface area contributed by atoms with Crippen LogP contribution in [0.3, 0.4) is 0 Å². The Hall–Kier alpha value is -1.50. The number of H-pyrrole nitrogens is 1. The van der Waals surface area contributed by atoms with Crippen LogP contribution in [0.15, 0.2) is 22.3 Å². The third-order valence-electron chi connectivity index (χ3n) is 2.45. The molecule has 1 N–H and O–H groups in total. The van der Waals surface area contributed by atoms with Gasteiger partial charge in [-0.2, -0.15) is 14.4 Å². The first kappa shape index (κ1) is 11.0. The van der Waals surface area contributed by atoms with E-state index in [4.69, 9.17) is 0 Å². The second-order valence-electron chi connectivity index (χ2n) is 3.39. The zero-order chi connectivity index (χ0) is 11.6. The van der Waals surface area contributed by atoms with E-state index in [0.29, 0.717) is 19.4 Å². The van der Waals surface area contributed by atoms with E-state index in [1.54, 1.807) is 0 Å². The number of nitrogens with zero attached hydrogens (tertiary/aromatic N) is 3. The predicted octanol–water partition coefficient (Wildman–Crippen LogP) is -0.144. The highest BCUT2D eigenvalue weighted by atomic mass is 32.2. The average Bonchev–Trinajstić information content (AvgIpc) is 2.88. The van der Waals surface area contributed by atoms with Crippen LogP contribution in [0.25, 0.3) is 0 Å². The number of isocyanates is 1. The highest BCUT2D eigenvalue weighted by molar-refractivity contribution is 7.89. The number of aliphatic imine (C=N–C) groups is 1. The Labute approximate surface area is 92.2 Å². The summed E-state index contributed by atoms with van der Waals surface area (Å²) in [5, 5.41) is 6.03. The van der Waals surface area contributed by atoms with Gasteiger partial charge in [-0.25, -0.2) is 13.2 Å². The summed E-state index contributed by atoms with van der Waals surface area (Å²) in [5.74, 6) is 0. The lowest BCUT2D eigenvalue weighted by atomic mass is 10.3. The molecule has 0 aromatic carbocycles. The standard InChI is InChI=1S/C8H10N4O3S/c13-6-9-8-2-1-3-12(8)16(14,15)7-4-10-11-5-7/h4-5,8H,1-3H2,(H,10,11). The molecular formula is C8H10N4O3S. The molecule has 0 aliphatic carbocycles. The monoisotopic (exact) mass is 242 g/mol. The van der Waals surface area contributed by atoms with Gasteiger partial charge < -0.3 is 0 Å². The molecule has 1 aromatic heterocycles. The quantitative estimate of drug-likeness (QED) is 0.589. The van der Waals surface area contributed by atoms with Crippen LogP contribution < -0.4 is 0 Å². The zero-order valence-corrected chi connectivity index (χ0v) is 9.14. The fourth-order valence-electron chi connectivity index (χ4n) is 1.71. The molecule has 1 atom stereocenters. The van der Waals surface area contributed by atoms with E-state index in [1.165, 1.54) is 22.8 Å². The maximum absolute atomic E-state index is 12.1. The maximum Gasteiger partial charge on any atom is 0.248 e. The molecule has 16 heavy (non-hydrogen) atoms. The Kier molecular flexibility index (Phi) is 2.86. The summed E-state index contributed by atoms with van der Waals surface area (Å²) in [4.78, 5) is 13.8. The van der Waals surface area contributed by atoms with Crippen molar-refractivity contribution in [2.24, 2.45) is 4.99 Å². The predicted molar refractivity (Wildman–Crippen MR) is 53.6 cm³/mol. The van der Waals surface area contributed by atoms with E-state index in [0.717, 1.165) is 0 Å². The number of nitrogens with one attached hydrogen (secondary N) is 1. The first-order chi connectivity index (χ1) is 7.66. The van der Waals surface area contributed by atoms with Crippen molar-refractivity contribution in [3.63, 3.8) is 0 Å². The summed E-state index contributed by atoms with van der Waals surface area (Å²) in [6, 6.07) is 0. The van der Waals surface area contributed by atoms with Crippen molar-refractivity contribution in [2.75, 3.05) is 6.54 Å². The third kappa shape index (κ3) is 1.78. The summed E-state index contributed by atoms with van der Waals surface area (Å²) in [6.07, 6.45) is 4.54. The highest BCUT2D eigenvalue weighted by Crippen LogP contribution is 2.25. The number of hydrogen-bond donors (Lipinski definition) is 1. The summed E-state index contributed by atoms with van der Waals surface area (Å²) < 4.78 is 25.3. The lowest BCUT2D eigenvalue weighted by molar-refractivity contribution is 0.396. The number of sulfonamides is 1.